The van der Waals surface area contributed by atoms with Crippen LogP contribution in [0, 0.1) is 6.92 Å². The van der Waals surface area contributed by atoms with E-state index in [0.717, 1.165) is 27.8 Å². The Morgan fingerprint density at radius 1 is 1.12 bits per heavy atom. The van der Waals surface area contributed by atoms with Crippen molar-refractivity contribution in [3.63, 3.8) is 0 Å². The van der Waals surface area contributed by atoms with Gasteiger partial charge < -0.3 is 13.9 Å². The fourth-order valence-corrected chi connectivity index (χ4v) is 2.72. The van der Waals surface area contributed by atoms with Gasteiger partial charge in [0.2, 0.25) is 0 Å². The summed E-state index contributed by atoms with van der Waals surface area (Å²) in [5.41, 5.74) is 3.26. The van der Waals surface area contributed by atoms with Gasteiger partial charge in [-0.3, -0.25) is 4.79 Å². The Balaban J connectivity index is 2.07. The molecule has 122 valence electrons. The molecule has 1 aromatic heterocycles. The van der Waals surface area contributed by atoms with Gasteiger partial charge in [-0.25, -0.2) is 0 Å². The number of furan rings is 1. The van der Waals surface area contributed by atoms with Gasteiger partial charge in [0, 0.05) is 18.1 Å². The van der Waals surface area contributed by atoms with E-state index in [-0.39, 0.29) is 5.97 Å². The molecule has 3 aromatic rings. The van der Waals surface area contributed by atoms with Crippen LogP contribution in [-0.4, -0.2) is 13.1 Å². The summed E-state index contributed by atoms with van der Waals surface area (Å²) in [6, 6.07) is 13.0. The Kier molecular flexibility index (Phi) is 4.13. The number of ether oxygens (including phenoxy) is 2. The molecule has 0 fully saturated rings. The van der Waals surface area contributed by atoms with Crippen molar-refractivity contribution in [3.8, 4) is 11.5 Å². The first-order chi connectivity index (χ1) is 11.5. The fourth-order valence-electron chi connectivity index (χ4n) is 2.72. The zero-order chi connectivity index (χ0) is 17.3. The quantitative estimate of drug-likeness (QED) is 0.514. The van der Waals surface area contributed by atoms with E-state index in [9.17, 15) is 4.79 Å². The summed E-state index contributed by atoms with van der Waals surface area (Å²) in [7, 11) is 1.63. The minimum atomic E-state index is -0.362. The molecule has 24 heavy (non-hydrogen) atoms. The number of hydrogen-bond acceptors (Lipinski definition) is 4. The molecule has 4 nitrogen and oxygen atoms in total. The van der Waals surface area contributed by atoms with Crippen LogP contribution < -0.4 is 9.47 Å². The average molecular weight is 322 g/mol. The van der Waals surface area contributed by atoms with Crippen molar-refractivity contribution in [1.82, 2.24) is 0 Å². The third-order valence-electron chi connectivity index (χ3n) is 3.88. The van der Waals surface area contributed by atoms with Crippen molar-refractivity contribution in [1.29, 1.82) is 0 Å². The molecule has 0 saturated carbocycles. The highest BCUT2D eigenvalue weighted by atomic mass is 16.5. The lowest BCUT2D eigenvalue weighted by atomic mass is 10.0. The van der Waals surface area contributed by atoms with Gasteiger partial charge in [0.25, 0.3) is 0 Å². The Morgan fingerprint density at radius 2 is 1.83 bits per heavy atom. The van der Waals surface area contributed by atoms with Crippen molar-refractivity contribution < 1.29 is 18.7 Å². The van der Waals surface area contributed by atoms with Crippen LogP contribution in [0.15, 0.2) is 53.5 Å². The van der Waals surface area contributed by atoms with Gasteiger partial charge in [-0.1, -0.05) is 24.8 Å². The summed E-state index contributed by atoms with van der Waals surface area (Å²) in [5, 5.41) is 0.789. The topological polar surface area (TPSA) is 48.7 Å². The second kappa shape index (κ2) is 6.24. The second-order valence-corrected chi connectivity index (χ2v) is 5.49. The van der Waals surface area contributed by atoms with Gasteiger partial charge >= 0.3 is 5.97 Å². The lowest BCUT2D eigenvalue weighted by Crippen LogP contribution is -2.01. The van der Waals surface area contributed by atoms with E-state index < -0.39 is 0 Å². The molecular weight excluding hydrogens is 304 g/mol. The van der Waals surface area contributed by atoms with E-state index in [1.54, 1.807) is 19.2 Å². The van der Waals surface area contributed by atoms with Gasteiger partial charge in [0.05, 0.1) is 12.5 Å². The summed E-state index contributed by atoms with van der Waals surface area (Å²) < 4.78 is 16.4. The molecule has 0 aliphatic heterocycles. The second-order valence-electron chi connectivity index (χ2n) is 5.49. The maximum atomic E-state index is 11.3. The highest BCUT2D eigenvalue weighted by Crippen LogP contribution is 2.37. The zero-order valence-corrected chi connectivity index (χ0v) is 13.9. The number of carbonyl (C=O) groups excluding carboxylic acids is 1. The molecule has 0 N–H and O–H groups in total. The number of esters is 1. The van der Waals surface area contributed by atoms with Crippen LogP contribution in [0.3, 0.4) is 0 Å². The van der Waals surface area contributed by atoms with Gasteiger partial charge in [0.15, 0.2) is 0 Å². The van der Waals surface area contributed by atoms with Crippen LogP contribution in [0.1, 0.15) is 23.8 Å². The third kappa shape index (κ3) is 2.78. The minimum absolute atomic E-state index is 0.362. The highest BCUT2D eigenvalue weighted by molar-refractivity contribution is 5.94. The predicted octanol–water partition coefficient (Wildman–Crippen LogP) is 4.74. The minimum Gasteiger partial charge on any atom is -0.497 e. The molecular formula is C20H18O4. The Hall–Kier alpha value is -3.01. The smallest absolute Gasteiger partial charge is 0.308 e. The van der Waals surface area contributed by atoms with Gasteiger partial charge in [-0.05, 0) is 36.8 Å². The summed E-state index contributed by atoms with van der Waals surface area (Å²) >= 11 is 0. The molecule has 0 aliphatic rings. The van der Waals surface area contributed by atoms with E-state index in [4.69, 9.17) is 13.9 Å². The van der Waals surface area contributed by atoms with Crippen LogP contribution in [-0.2, 0) is 4.79 Å². The summed E-state index contributed by atoms with van der Waals surface area (Å²) in [6.45, 7) is 7.47. The molecule has 2 aromatic carbocycles. The van der Waals surface area contributed by atoms with Gasteiger partial charge in [-0.15, -0.1) is 0 Å². The van der Waals surface area contributed by atoms with Gasteiger partial charge in [0.1, 0.15) is 22.8 Å². The zero-order valence-electron chi connectivity index (χ0n) is 13.9. The van der Waals surface area contributed by atoms with E-state index in [0.29, 0.717) is 17.1 Å². The monoisotopic (exact) mass is 322 g/mol. The van der Waals surface area contributed by atoms with E-state index >= 15 is 0 Å². The molecule has 0 bridgehead atoms. The van der Waals surface area contributed by atoms with Crippen LogP contribution in [0.2, 0.25) is 0 Å². The molecule has 4 heteroatoms. The van der Waals surface area contributed by atoms with E-state index in [1.807, 2.05) is 37.3 Å². The predicted molar refractivity (Wildman–Crippen MR) is 93.4 cm³/mol. The molecule has 0 amide bonds. The number of hydrogen-bond donors (Lipinski definition) is 0. The van der Waals surface area contributed by atoms with Crippen LogP contribution in [0.5, 0.6) is 11.5 Å². The van der Waals surface area contributed by atoms with E-state index in [1.165, 1.54) is 6.92 Å². The van der Waals surface area contributed by atoms with Crippen molar-refractivity contribution in [2.45, 2.75) is 13.8 Å². The number of benzene rings is 2. The molecule has 0 unspecified atom stereocenters. The molecule has 0 radical (unpaired) electrons. The molecule has 1 heterocycles. The number of aryl methyl sites for hydroxylation is 1. The lowest BCUT2D eigenvalue weighted by Gasteiger charge is -2.06. The number of fused-ring (bicyclic) bond motifs is 1. The Labute approximate surface area is 140 Å². The molecule has 0 aliphatic carbocycles. The van der Waals surface area contributed by atoms with Gasteiger partial charge in [-0.2, -0.15) is 0 Å². The van der Waals surface area contributed by atoms with Crippen molar-refractivity contribution >= 4 is 22.5 Å². The molecule has 0 spiro atoms. The SMILES string of the molecule is C=C(c1ccc(OC)cc1)c1oc2cccc(OC(C)=O)c2c1C. The van der Waals surface area contributed by atoms with Crippen LogP contribution in [0.25, 0.3) is 16.5 Å². The summed E-state index contributed by atoms with van der Waals surface area (Å²) in [4.78, 5) is 11.3. The third-order valence-corrected chi connectivity index (χ3v) is 3.88. The van der Waals surface area contributed by atoms with Crippen molar-refractivity contribution in [2.75, 3.05) is 7.11 Å². The summed E-state index contributed by atoms with van der Waals surface area (Å²) in [5.74, 6) is 1.59. The van der Waals surface area contributed by atoms with Crippen molar-refractivity contribution in [2.24, 2.45) is 0 Å². The molecule has 3 rings (SSSR count). The standard InChI is InChI=1S/C20H18O4/c1-12(15-8-10-16(22-4)11-9-15)20-13(2)19-17(23-14(3)21)6-5-7-18(19)24-20/h5-11H,1H2,2-4H3. The first-order valence-corrected chi connectivity index (χ1v) is 7.55. The average Bonchev–Trinajstić information content (AvgIpc) is 2.92. The van der Waals surface area contributed by atoms with Crippen molar-refractivity contribution in [3.05, 3.63) is 65.9 Å². The first-order valence-electron chi connectivity index (χ1n) is 7.55. The number of carbonyl (C=O) groups is 1. The Morgan fingerprint density at radius 3 is 2.46 bits per heavy atom. The molecule has 0 atom stereocenters. The maximum Gasteiger partial charge on any atom is 0.308 e. The Bertz CT molecular complexity index is 917. The fraction of sp³-hybridized carbons (Fsp3) is 0.150. The maximum absolute atomic E-state index is 11.3. The normalized spacial score (nSPS) is 10.6. The van der Waals surface area contributed by atoms with E-state index in [2.05, 4.69) is 6.58 Å². The highest BCUT2D eigenvalue weighted by Gasteiger charge is 2.18. The first kappa shape index (κ1) is 15.9. The number of rotatable bonds is 4. The number of methoxy groups -OCH3 is 1. The molecule has 0 saturated heterocycles. The largest absolute Gasteiger partial charge is 0.497 e. The van der Waals surface area contributed by atoms with Crippen LogP contribution >= 0.6 is 0 Å². The lowest BCUT2D eigenvalue weighted by molar-refractivity contribution is -0.131. The van der Waals surface area contributed by atoms with Crippen LogP contribution in [0.4, 0.5) is 0 Å². The summed E-state index contributed by atoms with van der Waals surface area (Å²) in [6.07, 6.45) is 0.